The number of halogens is 1. The fourth-order valence-corrected chi connectivity index (χ4v) is 2.44. The summed E-state index contributed by atoms with van der Waals surface area (Å²) >= 11 is 5.47. The van der Waals surface area contributed by atoms with Gasteiger partial charge in [-0.1, -0.05) is 30.3 Å². The smallest absolute Gasteiger partial charge is 0.400 e. The number of alkyl halides is 1. The number of nitro groups is 1. The van der Waals surface area contributed by atoms with E-state index in [1.54, 1.807) is 42.5 Å². The van der Waals surface area contributed by atoms with Gasteiger partial charge in [0, 0.05) is 11.1 Å². The van der Waals surface area contributed by atoms with Crippen molar-refractivity contribution in [3.63, 3.8) is 0 Å². The van der Waals surface area contributed by atoms with Crippen molar-refractivity contribution in [2.24, 2.45) is 0 Å². The molecule has 0 bridgehead atoms. The summed E-state index contributed by atoms with van der Waals surface area (Å²) in [6.45, 7) is 0. The Bertz CT molecular complexity index is 890. The minimum Gasteiger partial charge on any atom is -0.400 e. The van der Waals surface area contributed by atoms with Gasteiger partial charge < -0.3 is 9.73 Å². The molecule has 0 aliphatic heterocycles. The first-order valence-electron chi connectivity index (χ1n) is 6.72. The van der Waals surface area contributed by atoms with Crippen molar-refractivity contribution in [3.05, 3.63) is 58.6 Å². The van der Waals surface area contributed by atoms with Crippen molar-refractivity contribution >= 4 is 40.0 Å². The number of carbonyl (C=O) groups excluding carboxylic acids is 1. The van der Waals surface area contributed by atoms with Gasteiger partial charge in [0.2, 0.25) is 5.91 Å². The Morgan fingerprint density at radius 1 is 1.22 bits per heavy atom. The summed E-state index contributed by atoms with van der Waals surface area (Å²) in [6, 6.07) is 13.8. The molecule has 3 aromatic rings. The number of hydrogen-bond donors (Lipinski definition) is 1. The van der Waals surface area contributed by atoms with Crippen molar-refractivity contribution in [3.8, 4) is 11.1 Å². The minimum atomic E-state index is -0.556. The molecular formula is C16H11ClN2O4. The Morgan fingerprint density at radius 2 is 1.96 bits per heavy atom. The van der Waals surface area contributed by atoms with Gasteiger partial charge in [-0.25, -0.2) is 0 Å². The maximum atomic E-state index is 11.4. The monoisotopic (exact) mass is 330 g/mol. The van der Waals surface area contributed by atoms with Crippen LogP contribution in [0.4, 0.5) is 11.6 Å². The zero-order valence-corrected chi connectivity index (χ0v) is 12.5. The average Bonchev–Trinajstić information content (AvgIpc) is 2.94. The van der Waals surface area contributed by atoms with E-state index in [0.717, 1.165) is 0 Å². The third-order valence-electron chi connectivity index (χ3n) is 3.30. The number of benzene rings is 2. The van der Waals surface area contributed by atoms with Crippen LogP contribution in [0.25, 0.3) is 22.1 Å². The fraction of sp³-hybridized carbons (Fsp3) is 0.0625. The van der Waals surface area contributed by atoms with E-state index in [2.05, 4.69) is 5.32 Å². The van der Waals surface area contributed by atoms with Gasteiger partial charge in [0.05, 0.1) is 0 Å². The molecule has 0 aliphatic carbocycles. The molecule has 0 saturated heterocycles. The Hall–Kier alpha value is -2.86. The zero-order valence-electron chi connectivity index (χ0n) is 11.8. The van der Waals surface area contributed by atoms with E-state index in [1.807, 2.05) is 6.07 Å². The SMILES string of the molecule is O=C(CCl)Nc1ccc2oc([N+](=O)[O-])c(-c3ccccc3)c2c1. The summed E-state index contributed by atoms with van der Waals surface area (Å²) < 4.78 is 5.36. The highest BCUT2D eigenvalue weighted by atomic mass is 35.5. The Kier molecular flexibility index (Phi) is 3.99. The lowest BCUT2D eigenvalue weighted by Crippen LogP contribution is -2.12. The van der Waals surface area contributed by atoms with Crippen LogP contribution in [0.15, 0.2) is 52.9 Å². The molecule has 0 fully saturated rings. The van der Waals surface area contributed by atoms with Crippen LogP contribution >= 0.6 is 11.6 Å². The number of nitrogens with zero attached hydrogens (tertiary/aromatic N) is 1. The van der Waals surface area contributed by atoms with Crippen LogP contribution in [0.2, 0.25) is 0 Å². The van der Waals surface area contributed by atoms with Crippen molar-refractivity contribution in [2.75, 3.05) is 11.2 Å². The van der Waals surface area contributed by atoms with Crippen LogP contribution in [-0.2, 0) is 4.79 Å². The normalized spacial score (nSPS) is 10.7. The van der Waals surface area contributed by atoms with Crippen LogP contribution in [0.5, 0.6) is 0 Å². The van der Waals surface area contributed by atoms with Gasteiger partial charge in [0.1, 0.15) is 21.9 Å². The van der Waals surface area contributed by atoms with Gasteiger partial charge in [0.15, 0.2) is 0 Å². The van der Waals surface area contributed by atoms with E-state index in [9.17, 15) is 14.9 Å². The summed E-state index contributed by atoms with van der Waals surface area (Å²) in [5, 5.41) is 14.5. The molecule has 1 aromatic heterocycles. The van der Waals surface area contributed by atoms with Crippen molar-refractivity contribution in [1.29, 1.82) is 0 Å². The molecule has 1 N–H and O–H groups in total. The van der Waals surface area contributed by atoms with Gasteiger partial charge >= 0.3 is 5.88 Å². The minimum absolute atomic E-state index is 0.172. The second-order valence-electron chi connectivity index (χ2n) is 4.80. The Morgan fingerprint density at radius 3 is 2.61 bits per heavy atom. The molecule has 0 spiro atoms. The first-order chi connectivity index (χ1) is 11.1. The molecule has 23 heavy (non-hydrogen) atoms. The third kappa shape index (κ3) is 2.89. The second kappa shape index (κ2) is 6.10. The van der Waals surface area contributed by atoms with E-state index in [4.69, 9.17) is 16.0 Å². The van der Waals surface area contributed by atoms with Gasteiger partial charge in [-0.3, -0.25) is 14.9 Å². The van der Waals surface area contributed by atoms with E-state index in [0.29, 0.717) is 27.8 Å². The molecule has 116 valence electrons. The maximum Gasteiger partial charge on any atom is 0.442 e. The highest BCUT2D eigenvalue weighted by molar-refractivity contribution is 6.29. The number of rotatable bonds is 4. The van der Waals surface area contributed by atoms with Crippen molar-refractivity contribution in [2.45, 2.75) is 0 Å². The number of furan rings is 1. The summed E-state index contributed by atoms with van der Waals surface area (Å²) in [7, 11) is 0. The first kappa shape index (κ1) is 15.1. The standard InChI is InChI=1S/C16H11ClN2O4/c17-9-14(20)18-11-6-7-13-12(8-11)15(16(23-13)19(21)22)10-4-2-1-3-5-10/h1-8H,9H2,(H,18,20). The Balaban J connectivity index is 2.21. The predicted molar refractivity (Wildman–Crippen MR) is 87.7 cm³/mol. The molecule has 6 nitrogen and oxygen atoms in total. The quantitative estimate of drug-likeness (QED) is 0.441. The van der Waals surface area contributed by atoms with Crippen LogP contribution in [0.1, 0.15) is 0 Å². The molecule has 3 rings (SSSR count). The van der Waals surface area contributed by atoms with E-state index < -0.39 is 4.92 Å². The van der Waals surface area contributed by atoms with Crippen LogP contribution in [0.3, 0.4) is 0 Å². The Labute approximate surface area is 135 Å². The predicted octanol–water partition coefficient (Wildman–Crippen LogP) is 4.19. The topological polar surface area (TPSA) is 85.4 Å². The van der Waals surface area contributed by atoms with Crippen molar-refractivity contribution in [1.82, 2.24) is 0 Å². The van der Waals surface area contributed by atoms with Gasteiger partial charge in [-0.15, -0.1) is 11.6 Å². The zero-order chi connectivity index (χ0) is 16.4. The molecular weight excluding hydrogens is 320 g/mol. The van der Waals surface area contributed by atoms with Gasteiger partial charge in [-0.05, 0) is 23.8 Å². The summed E-state index contributed by atoms with van der Waals surface area (Å²) in [4.78, 5) is 22.2. The lowest BCUT2D eigenvalue weighted by atomic mass is 10.0. The van der Waals surface area contributed by atoms with Crippen LogP contribution in [0, 0.1) is 10.1 Å². The molecule has 2 aromatic carbocycles. The maximum absolute atomic E-state index is 11.4. The lowest BCUT2D eigenvalue weighted by Gasteiger charge is -2.03. The number of anilines is 1. The van der Waals surface area contributed by atoms with E-state index in [-0.39, 0.29) is 17.7 Å². The first-order valence-corrected chi connectivity index (χ1v) is 7.26. The molecule has 0 saturated carbocycles. The number of carbonyl (C=O) groups is 1. The molecule has 1 amide bonds. The molecule has 0 unspecified atom stereocenters. The molecule has 0 atom stereocenters. The summed E-state index contributed by atoms with van der Waals surface area (Å²) in [6.07, 6.45) is 0. The molecule has 0 aliphatic rings. The molecule has 0 radical (unpaired) electrons. The van der Waals surface area contributed by atoms with Gasteiger partial charge in [-0.2, -0.15) is 0 Å². The largest absolute Gasteiger partial charge is 0.442 e. The van der Waals surface area contributed by atoms with Gasteiger partial charge in [0.25, 0.3) is 0 Å². The average molecular weight is 331 g/mol. The van der Waals surface area contributed by atoms with Crippen molar-refractivity contribution < 1.29 is 14.1 Å². The van der Waals surface area contributed by atoms with Crippen LogP contribution < -0.4 is 5.32 Å². The second-order valence-corrected chi connectivity index (χ2v) is 5.07. The number of nitrogens with one attached hydrogen (secondary N) is 1. The van der Waals surface area contributed by atoms with Crippen LogP contribution in [-0.4, -0.2) is 16.7 Å². The molecule has 7 heteroatoms. The third-order valence-corrected chi connectivity index (χ3v) is 3.55. The van der Waals surface area contributed by atoms with E-state index >= 15 is 0 Å². The summed E-state index contributed by atoms with van der Waals surface area (Å²) in [5.74, 6) is -0.855. The van der Waals surface area contributed by atoms with E-state index in [1.165, 1.54) is 0 Å². The summed E-state index contributed by atoms with van der Waals surface area (Å²) in [5.41, 5.74) is 1.92. The number of amides is 1. The molecule has 1 heterocycles. The number of hydrogen-bond acceptors (Lipinski definition) is 4. The fourth-order valence-electron chi connectivity index (χ4n) is 2.37. The highest BCUT2D eigenvalue weighted by Crippen LogP contribution is 2.40. The number of fused-ring (bicyclic) bond motifs is 1. The highest BCUT2D eigenvalue weighted by Gasteiger charge is 2.25. The lowest BCUT2D eigenvalue weighted by molar-refractivity contribution is -0.400.